The third-order valence-electron chi connectivity index (χ3n) is 0.915. The Morgan fingerprint density at radius 2 is 1.92 bits per heavy atom. The standard InChI is InChI=1S/C6H10O5S.Na.H/c1-4-12(8,9)11-10-6(7)5(2)3;;/h2,4H2,1,3H3;;. The fourth-order valence-electron chi connectivity index (χ4n) is 0.202. The molecule has 0 aliphatic carbocycles. The molecule has 0 radical (unpaired) electrons. The van der Waals surface area contributed by atoms with Crippen molar-refractivity contribution in [2.24, 2.45) is 0 Å². The molecule has 0 atom stereocenters. The third-order valence-corrected chi connectivity index (χ3v) is 1.90. The molecule has 0 saturated heterocycles. The van der Waals surface area contributed by atoms with Crippen LogP contribution in [0.25, 0.3) is 0 Å². The molecule has 0 N–H and O–H groups in total. The summed E-state index contributed by atoms with van der Waals surface area (Å²) in [5.41, 5.74) is 0.0707. The molecule has 0 aromatic rings. The first kappa shape index (κ1) is 15.6. The monoisotopic (exact) mass is 218 g/mol. The number of carbonyl (C=O) groups excluding carboxylic acids is 1. The van der Waals surface area contributed by atoms with Crippen LogP contribution < -0.4 is 0 Å². The normalized spacial score (nSPS) is 10.0. The Hall–Kier alpha value is 0.120. The molecule has 0 unspecified atom stereocenters. The SMILES string of the molecule is C=C(C)C(=O)OOS(=O)(=O)CC.[NaH]. The molecular weight excluding hydrogens is 207 g/mol. The van der Waals surface area contributed by atoms with Gasteiger partial charge in [0.25, 0.3) is 0 Å². The van der Waals surface area contributed by atoms with Crippen molar-refractivity contribution in [2.45, 2.75) is 13.8 Å². The molecular formula is C6H11NaO5S. The van der Waals surface area contributed by atoms with Crippen LogP contribution in [-0.2, 0) is 24.1 Å². The number of hydrogen-bond donors (Lipinski definition) is 0. The van der Waals surface area contributed by atoms with Crippen LogP contribution in [0.5, 0.6) is 0 Å². The van der Waals surface area contributed by atoms with E-state index >= 15 is 0 Å². The second-order valence-electron chi connectivity index (χ2n) is 2.07. The first-order valence-electron chi connectivity index (χ1n) is 3.17. The Morgan fingerprint density at radius 1 is 1.46 bits per heavy atom. The second-order valence-corrected chi connectivity index (χ2v) is 3.89. The fraction of sp³-hybridized carbons (Fsp3) is 0.500. The molecule has 0 aromatic carbocycles. The van der Waals surface area contributed by atoms with Crippen LogP contribution in [0.1, 0.15) is 13.8 Å². The zero-order valence-electron chi connectivity index (χ0n) is 6.86. The molecule has 0 bridgehead atoms. The summed E-state index contributed by atoms with van der Waals surface area (Å²) >= 11 is 0. The molecule has 0 heterocycles. The first-order valence-corrected chi connectivity index (χ1v) is 4.75. The Morgan fingerprint density at radius 3 is 2.23 bits per heavy atom. The van der Waals surface area contributed by atoms with Gasteiger partial charge in [0.1, 0.15) is 0 Å². The van der Waals surface area contributed by atoms with Gasteiger partial charge in [-0.15, -0.1) is 0 Å². The molecule has 0 aliphatic heterocycles. The summed E-state index contributed by atoms with van der Waals surface area (Å²) < 4.78 is 25.1. The predicted molar refractivity (Wildman–Crippen MR) is 48.6 cm³/mol. The average Bonchev–Trinajstić information content (AvgIpc) is 2.00. The van der Waals surface area contributed by atoms with Crippen molar-refractivity contribution in [2.75, 3.05) is 5.75 Å². The van der Waals surface area contributed by atoms with Gasteiger partial charge in [0.2, 0.25) is 0 Å². The molecule has 0 aliphatic rings. The van der Waals surface area contributed by atoms with E-state index in [1.165, 1.54) is 13.8 Å². The molecule has 7 heteroatoms. The van der Waals surface area contributed by atoms with Crippen molar-refractivity contribution in [1.29, 1.82) is 0 Å². The molecule has 0 saturated carbocycles. The maximum absolute atomic E-state index is 10.6. The van der Waals surface area contributed by atoms with Gasteiger partial charge in [-0.25, -0.2) is 4.79 Å². The van der Waals surface area contributed by atoms with Crippen LogP contribution in [0.15, 0.2) is 12.2 Å². The summed E-state index contributed by atoms with van der Waals surface area (Å²) in [4.78, 5) is 14.5. The molecule has 13 heavy (non-hydrogen) atoms. The Kier molecular flexibility index (Phi) is 7.86. The van der Waals surface area contributed by atoms with E-state index in [4.69, 9.17) is 0 Å². The zero-order valence-corrected chi connectivity index (χ0v) is 7.68. The van der Waals surface area contributed by atoms with Crippen molar-refractivity contribution < 1.29 is 22.4 Å². The van der Waals surface area contributed by atoms with E-state index < -0.39 is 16.1 Å². The topological polar surface area (TPSA) is 69.7 Å². The Bertz CT molecular complexity index is 281. The minimum atomic E-state index is -3.73. The van der Waals surface area contributed by atoms with Crippen LogP contribution in [0.4, 0.5) is 0 Å². The van der Waals surface area contributed by atoms with Crippen molar-refractivity contribution in [3.05, 3.63) is 12.2 Å². The van der Waals surface area contributed by atoms with Gasteiger partial charge < -0.3 is 0 Å². The molecule has 5 nitrogen and oxygen atoms in total. The first-order chi connectivity index (χ1) is 5.39. The summed E-state index contributed by atoms with van der Waals surface area (Å²) in [7, 11) is -3.73. The molecule has 0 fully saturated rings. The Labute approximate surface area is 99.4 Å². The van der Waals surface area contributed by atoms with Gasteiger partial charge in [0.05, 0.1) is 5.75 Å². The van der Waals surface area contributed by atoms with Crippen LogP contribution in [0.3, 0.4) is 0 Å². The van der Waals surface area contributed by atoms with Crippen molar-refractivity contribution in [3.63, 3.8) is 0 Å². The van der Waals surface area contributed by atoms with Crippen molar-refractivity contribution in [3.8, 4) is 0 Å². The van der Waals surface area contributed by atoms with Gasteiger partial charge in [0.15, 0.2) is 0 Å². The van der Waals surface area contributed by atoms with Crippen molar-refractivity contribution in [1.82, 2.24) is 0 Å². The summed E-state index contributed by atoms with van der Waals surface area (Å²) in [6.45, 7) is 5.98. The fourth-order valence-corrected chi connectivity index (χ4v) is 0.464. The average molecular weight is 218 g/mol. The third kappa shape index (κ3) is 7.21. The molecule has 0 aromatic heterocycles. The molecule has 0 rings (SSSR count). The van der Waals surface area contributed by atoms with Crippen LogP contribution in [-0.4, -0.2) is 49.7 Å². The number of rotatable bonds is 4. The van der Waals surface area contributed by atoms with Gasteiger partial charge in [-0.1, -0.05) is 10.9 Å². The second kappa shape index (κ2) is 6.56. The van der Waals surface area contributed by atoms with E-state index in [-0.39, 0.29) is 40.9 Å². The van der Waals surface area contributed by atoms with Crippen LogP contribution in [0.2, 0.25) is 0 Å². The molecule has 0 amide bonds. The van der Waals surface area contributed by atoms with E-state index in [9.17, 15) is 13.2 Å². The summed E-state index contributed by atoms with van der Waals surface area (Å²) in [6.07, 6.45) is 0. The van der Waals surface area contributed by atoms with E-state index in [0.29, 0.717) is 0 Å². The van der Waals surface area contributed by atoms with E-state index in [1.807, 2.05) is 0 Å². The van der Waals surface area contributed by atoms with Gasteiger partial charge in [0, 0.05) is 5.57 Å². The molecule has 72 valence electrons. The summed E-state index contributed by atoms with van der Waals surface area (Å²) in [5, 5.41) is 0. The number of hydrogen-bond acceptors (Lipinski definition) is 5. The van der Waals surface area contributed by atoms with Gasteiger partial charge in [-0.3, -0.25) is 4.89 Å². The summed E-state index contributed by atoms with van der Waals surface area (Å²) in [5.74, 6) is -1.15. The summed E-state index contributed by atoms with van der Waals surface area (Å²) in [6, 6.07) is 0. The van der Waals surface area contributed by atoms with Gasteiger partial charge in [-0.05, 0) is 13.8 Å². The van der Waals surface area contributed by atoms with Crippen molar-refractivity contribution >= 4 is 45.6 Å². The van der Waals surface area contributed by atoms with Gasteiger partial charge in [-0.2, -0.15) is 8.42 Å². The van der Waals surface area contributed by atoms with Gasteiger partial charge >= 0.3 is 45.6 Å². The minimum absolute atomic E-state index is 0. The Balaban J connectivity index is 0. The number of carbonyl (C=O) groups is 1. The van der Waals surface area contributed by atoms with Crippen LogP contribution in [0, 0.1) is 0 Å². The molecule has 0 spiro atoms. The van der Waals surface area contributed by atoms with E-state index in [1.54, 1.807) is 0 Å². The van der Waals surface area contributed by atoms with E-state index in [2.05, 4.69) is 15.8 Å². The van der Waals surface area contributed by atoms with Crippen LogP contribution >= 0.6 is 0 Å². The zero-order chi connectivity index (χ0) is 9.78. The quantitative estimate of drug-likeness (QED) is 0.281. The van der Waals surface area contributed by atoms with E-state index in [0.717, 1.165) is 0 Å². The predicted octanol–water partition coefficient (Wildman–Crippen LogP) is -0.262. The maximum atomic E-state index is 10.6.